The number of rotatable bonds is 6. The first-order valence-corrected chi connectivity index (χ1v) is 6.04. The van der Waals surface area contributed by atoms with Crippen LogP contribution >= 0.6 is 11.3 Å². The molecule has 0 saturated heterocycles. The van der Waals surface area contributed by atoms with Gasteiger partial charge in [-0.15, -0.1) is 11.3 Å². The summed E-state index contributed by atoms with van der Waals surface area (Å²) in [6.45, 7) is 3.72. The van der Waals surface area contributed by atoms with E-state index in [4.69, 9.17) is 9.47 Å². The highest BCUT2D eigenvalue weighted by molar-refractivity contribution is 7.09. The van der Waals surface area contributed by atoms with E-state index < -0.39 is 5.60 Å². The summed E-state index contributed by atoms with van der Waals surface area (Å²) in [6.07, 6.45) is 0.573. The third kappa shape index (κ3) is 4.17. The first-order valence-electron chi connectivity index (χ1n) is 5.16. The van der Waals surface area contributed by atoms with Crippen LogP contribution in [0.2, 0.25) is 0 Å². The number of methoxy groups -OCH3 is 2. The molecular formula is C11H19NO3S. The Morgan fingerprint density at radius 2 is 2.12 bits per heavy atom. The van der Waals surface area contributed by atoms with Gasteiger partial charge in [-0.05, 0) is 13.8 Å². The second kappa shape index (κ2) is 5.72. The van der Waals surface area contributed by atoms with Gasteiger partial charge in [0.25, 0.3) is 0 Å². The molecule has 1 rings (SSSR count). The minimum atomic E-state index is -0.860. The predicted octanol–water partition coefficient (Wildman–Crippen LogP) is 1.75. The Labute approximate surface area is 100 Å². The third-order valence-electron chi connectivity index (χ3n) is 2.33. The van der Waals surface area contributed by atoms with Gasteiger partial charge in [0, 0.05) is 38.1 Å². The Hall–Kier alpha value is -0.490. The smallest absolute Gasteiger partial charge is 0.159 e. The molecule has 0 aliphatic rings. The van der Waals surface area contributed by atoms with Gasteiger partial charge in [0.2, 0.25) is 0 Å². The fraction of sp³-hybridized carbons (Fsp3) is 0.727. The lowest BCUT2D eigenvalue weighted by atomic mass is 9.98. The zero-order chi connectivity index (χ0) is 12.2. The standard InChI is InChI=1S/C11H19NO3S/c1-8-7-16-9(12-8)5-11(2,13)6-10(14-3)15-4/h7,10,13H,5-6H2,1-4H3. The minimum absolute atomic E-state index is 0.379. The summed E-state index contributed by atoms with van der Waals surface area (Å²) in [7, 11) is 3.13. The molecule has 4 nitrogen and oxygen atoms in total. The molecule has 0 aliphatic carbocycles. The first kappa shape index (κ1) is 13.6. The molecule has 0 aromatic carbocycles. The Balaban J connectivity index is 2.57. The Bertz CT molecular complexity index is 321. The number of ether oxygens (including phenoxy) is 2. The molecule has 5 heteroatoms. The van der Waals surface area contributed by atoms with Crippen molar-refractivity contribution in [2.45, 2.75) is 38.6 Å². The van der Waals surface area contributed by atoms with Crippen LogP contribution in [0.3, 0.4) is 0 Å². The van der Waals surface area contributed by atoms with Crippen LogP contribution in [0.25, 0.3) is 0 Å². The highest BCUT2D eigenvalue weighted by Crippen LogP contribution is 2.22. The number of aromatic nitrogens is 1. The van der Waals surface area contributed by atoms with Gasteiger partial charge in [-0.2, -0.15) is 0 Å². The quantitative estimate of drug-likeness (QED) is 0.776. The molecular weight excluding hydrogens is 226 g/mol. The Morgan fingerprint density at radius 1 is 1.50 bits per heavy atom. The Morgan fingerprint density at radius 3 is 2.56 bits per heavy atom. The molecule has 1 aromatic heterocycles. The number of aryl methyl sites for hydroxylation is 1. The lowest BCUT2D eigenvalue weighted by molar-refractivity contribution is -0.139. The van der Waals surface area contributed by atoms with Crippen molar-refractivity contribution in [2.75, 3.05) is 14.2 Å². The fourth-order valence-corrected chi connectivity index (χ4v) is 2.45. The summed E-state index contributed by atoms with van der Waals surface area (Å²) in [5.41, 5.74) is 0.131. The van der Waals surface area contributed by atoms with Crippen LogP contribution in [0.1, 0.15) is 24.0 Å². The lowest BCUT2D eigenvalue weighted by Gasteiger charge is -2.26. The summed E-state index contributed by atoms with van der Waals surface area (Å²) >= 11 is 1.57. The molecule has 1 heterocycles. The van der Waals surface area contributed by atoms with Crippen molar-refractivity contribution >= 4 is 11.3 Å². The van der Waals surface area contributed by atoms with E-state index in [-0.39, 0.29) is 6.29 Å². The molecule has 1 N–H and O–H groups in total. The lowest BCUT2D eigenvalue weighted by Crippen LogP contribution is -2.34. The van der Waals surface area contributed by atoms with Crippen LogP contribution < -0.4 is 0 Å². The van der Waals surface area contributed by atoms with Gasteiger partial charge >= 0.3 is 0 Å². The molecule has 1 aromatic rings. The van der Waals surface area contributed by atoms with Crippen molar-refractivity contribution in [2.24, 2.45) is 0 Å². The van der Waals surface area contributed by atoms with Crippen molar-refractivity contribution in [3.8, 4) is 0 Å². The molecule has 1 unspecified atom stereocenters. The van der Waals surface area contributed by atoms with Crippen molar-refractivity contribution in [1.29, 1.82) is 0 Å². The van der Waals surface area contributed by atoms with Crippen molar-refractivity contribution in [3.63, 3.8) is 0 Å². The molecule has 0 fully saturated rings. The molecule has 0 saturated carbocycles. The molecule has 92 valence electrons. The van der Waals surface area contributed by atoms with Crippen LogP contribution in [0, 0.1) is 6.92 Å². The van der Waals surface area contributed by atoms with Gasteiger partial charge < -0.3 is 14.6 Å². The van der Waals surface area contributed by atoms with E-state index in [0.29, 0.717) is 12.8 Å². The molecule has 1 atom stereocenters. The maximum absolute atomic E-state index is 10.2. The second-order valence-corrected chi connectivity index (χ2v) is 5.10. The highest BCUT2D eigenvalue weighted by atomic mass is 32.1. The average Bonchev–Trinajstić information content (AvgIpc) is 2.59. The molecule has 0 amide bonds. The van der Waals surface area contributed by atoms with E-state index in [0.717, 1.165) is 10.7 Å². The second-order valence-electron chi connectivity index (χ2n) is 4.16. The van der Waals surface area contributed by atoms with E-state index in [9.17, 15) is 5.11 Å². The van der Waals surface area contributed by atoms with Gasteiger partial charge in [-0.25, -0.2) is 4.98 Å². The normalized spacial score (nSPS) is 15.4. The maximum atomic E-state index is 10.2. The van der Waals surface area contributed by atoms with Gasteiger partial charge in [0.1, 0.15) is 0 Å². The number of hydrogen-bond donors (Lipinski definition) is 1. The molecule has 16 heavy (non-hydrogen) atoms. The minimum Gasteiger partial charge on any atom is -0.390 e. The van der Waals surface area contributed by atoms with E-state index in [1.807, 2.05) is 12.3 Å². The number of nitrogens with zero attached hydrogens (tertiary/aromatic N) is 1. The highest BCUT2D eigenvalue weighted by Gasteiger charge is 2.27. The summed E-state index contributed by atoms with van der Waals surface area (Å²) in [5, 5.41) is 13.1. The number of hydrogen-bond acceptors (Lipinski definition) is 5. The van der Waals surface area contributed by atoms with Crippen molar-refractivity contribution in [3.05, 3.63) is 16.1 Å². The predicted molar refractivity (Wildman–Crippen MR) is 63.6 cm³/mol. The van der Waals surface area contributed by atoms with E-state index >= 15 is 0 Å². The van der Waals surface area contributed by atoms with Gasteiger partial charge in [0.05, 0.1) is 10.6 Å². The van der Waals surface area contributed by atoms with Crippen molar-refractivity contribution in [1.82, 2.24) is 4.98 Å². The molecule has 0 bridgehead atoms. The summed E-state index contributed by atoms with van der Waals surface area (Å²) in [4.78, 5) is 4.33. The molecule has 0 spiro atoms. The van der Waals surface area contributed by atoms with Gasteiger partial charge in [-0.1, -0.05) is 0 Å². The van der Waals surface area contributed by atoms with Crippen LogP contribution in [0.5, 0.6) is 0 Å². The fourth-order valence-electron chi connectivity index (χ4n) is 1.50. The topological polar surface area (TPSA) is 51.6 Å². The zero-order valence-corrected chi connectivity index (χ0v) is 11.0. The van der Waals surface area contributed by atoms with Crippen LogP contribution in [-0.4, -0.2) is 36.2 Å². The monoisotopic (exact) mass is 245 g/mol. The summed E-state index contributed by atoms with van der Waals surface area (Å²) in [5.74, 6) is 0. The van der Waals surface area contributed by atoms with Crippen LogP contribution in [0.15, 0.2) is 5.38 Å². The average molecular weight is 245 g/mol. The van der Waals surface area contributed by atoms with Crippen LogP contribution in [-0.2, 0) is 15.9 Å². The molecule has 0 aliphatic heterocycles. The van der Waals surface area contributed by atoms with Gasteiger partial charge in [0.15, 0.2) is 6.29 Å². The van der Waals surface area contributed by atoms with E-state index in [2.05, 4.69) is 4.98 Å². The van der Waals surface area contributed by atoms with Crippen molar-refractivity contribution < 1.29 is 14.6 Å². The summed E-state index contributed by atoms with van der Waals surface area (Å²) in [6, 6.07) is 0. The summed E-state index contributed by atoms with van der Waals surface area (Å²) < 4.78 is 10.2. The zero-order valence-electron chi connectivity index (χ0n) is 10.2. The van der Waals surface area contributed by atoms with Crippen LogP contribution in [0.4, 0.5) is 0 Å². The third-order valence-corrected chi connectivity index (χ3v) is 3.30. The largest absolute Gasteiger partial charge is 0.390 e. The molecule has 0 radical (unpaired) electrons. The number of aliphatic hydroxyl groups is 1. The van der Waals surface area contributed by atoms with E-state index in [1.54, 1.807) is 32.5 Å². The first-order chi connectivity index (χ1) is 7.46. The van der Waals surface area contributed by atoms with Gasteiger partial charge in [-0.3, -0.25) is 0 Å². The Kier molecular flexibility index (Phi) is 4.86. The van der Waals surface area contributed by atoms with E-state index in [1.165, 1.54) is 0 Å². The maximum Gasteiger partial charge on any atom is 0.159 e. The SMILES string of the molecule is COC(CC(C)(O)Cc1nc(C)cs1)OC. The number of thiazole rings is 1.